The average Bonchev–Trinajstić information content (AvgIpc) is 2.86. The lowest BCUT2D eigenvalue weighted by atomic mass is 9.72. The topological polar surface area (TPSA) is 55.8 Å². The highest BCUT2D eigenvalue weighted by Crippen LogP contribution is 2.38. The molecule has 4 rings (SSSR count). The standard InChI is InChI=1S/C27H27NO4/c1-31-25(29)13-14-27(24-12-11-22-9-5-6-10-23(22)19-24)15-17-28(18-16-27)26(30)32-20-21-7-3-2-4-8-21/h2-14,19H,15-18,20H2,1H3. The molecular formula is C27H27NO4. The summed E-state index contributed by atoms with van der Waals surface area (Å²) in [7, 11) is 1.38. The van der Waals surface area contributed by atoms with E-state index in [9.17, 15) is 9.59 Å². The number of amides is 1. The zero-order valence-corrected chi connectivity index (χ0v) is 18.2. The van der Waals surface area contributed by atoms with E-state index in [0.29, 0.717) is 25.9 Å². The summed E-state index contributed by atoms with van der Waals surface area (Å²) in [5.41, 5.74) is 1.74. The van der Waals surface area contributed by atoms with Gasteiger partial charge in [0.2, 0.25) is 0 Å². The van der Waals surface area contributed by atoms with Crippen LogP contribution in [-0.4, -0.2) is 37.2 Å². The van der Waals surface area contributed by atoms with Crippen molar-refractivity contribution in [2.24, 2.45) is 0 Å². The third-order valence-corrected chi connectivity index (χ3v) is 6.18. The van der Waals surface area contributed by atoms with Crippen LogP contribution in [0.1, 0.15) is 24.0 Å². The Balaban J connectivity index is 1.51. The number of carbonyl (C=O) groups is 2. The first-order valence-electron chi connectivity index (χ1n) is 10.8. The molecule has 0 atom stereocenters. The van der Waals surface area contributed by atoms with Gasteiger partial charge in [-0.25, -0.2) is 9.59 Å². The zero-order chi connectivity index (χ0) is 22.4. The molecule has 0 saturated carbocycles. The SMILES string of the molecule is COC(=O)C=CC1(c2ccc3ccccc3c2)CCN(C(=O)OCc2ccccc2)CC1. The maximum absolute atomic E-state index is 12.6. The molecule has 0 unspecified atom stereocenters. The van der Waals surface area contributed by atoms with Crippen molar-refractivity contribution in [3.05, 3.63) is 96.1 Å². The molecule has 3 aromatic rings. The Morgan fingerprint density at radius 3 is 2.34 bits per heavy atom. The van der Waals surface area contributed by atoms with Gasteiger partial charge in [-0.15, -0.1) is 0 Å². The minimum absolute atomic E-state index is 0.258. The molecular weight excluding hydrogens is 402 g/mol. The van der Waals surface area contributed by atoms with Crippen molar-refractivity contribution < 1.29 is 19.1 Å². The van der Waals surface area contributed by atoms with Gasteiger partial charge in [0, 0.05) is 24.6 Å². The number of hydrogen-bond acceptors (Lipinski definition) is 4. The lowest BCUT2D eigenvalue weighted by Gasteiger charge is -2.40. The Morgan fingerprint density at radius 1 is 0.938 bits per heavy atom. The van der Waals surface area contributed by atoms with Crippen LogP contribution >= 0.6 is 0 Å². The fraction of sp³-hybridized carbons (Fsp3) is 0.259. The maximum Gasteiger partial charge on any atom is 0.410 e. The monoisotopic (exact) mass is 429 g/mol. The number of methoxy groups -OCH3 is 1. The number of fused-ring (bicyclic) bond motifs is 1. The smallest absolute Gasteiger partial charge is 0.410 e. The van der Waals surface area contributed by atoms with Gasteiger partial charge in [0.05, 0.1) is 7.11 Å². The molecule has 3 aromatic carbocycles. The molecule has 1 fully saturated rings. The fourth-order valence-corrected chi connectivity index (χ4v) is 4.25. The molecule has 1 heterocycles. The van der Waals surface area contributed by atoms with Crippen LogP contribution in [0.3, 0.4) is 0 Å². The quantitative estimate of drug-likeness (QED) is 0.411. The van der Waals surface area contributed by atoms with Gasteiger partial charge in [-0.05, 0) is 34.7 Å². The summed E-state index contributed by atoms with van der Waals surface area (Å²) in [5.74, 6) is -0.380. The van der Waals surface area contributed by atoms with Gasteiger partial charge in [-0.3, -0.25) is 0 Å². The van der Waals surface area contributed by atoms with Crippen molar-refractivity contribution in [3.8, 4) is 0 Å². The van der Waals surface area contributed by atoms with Crippen molar-refractivity contribution >= 4 is 22.8 Å². The molecule has 0 aliphatic carbocycles. The number of piperidine rings is 1. The second kappa shape index (κ2) is 9.69. The molecule has 0 aromatic heterocycles. The van der Waals surface area contributed by atoms with E-state index in [-0.39, 0.29) is 24.1 Å². The summed E-state index contributed by atoms with van der Waals surface area (Å²) in [6.45, 7) is 1.35. The summed E-state index contributed by atoms with van der Waals surface area (Å²) in [4.78, 5) is 26.2. The largest absolute Gasteiger partial charge is 0.466 e. The second-order valence-corrected chi connectivity index (χ2v) is 8.10. The maximum atomic E-state index is 12.6. The molecule has 0 radical (unpaired) electrons. The number of carbonyl (C=O) groups excluding carboxylic acids is 2. The van der Waals surface area contributed by atoms with Crippen LogP contribution in [0.15, 0.2) is 84.9 Å². The van der Waals surface area contributed by atoms with E-state index in [1.807, 2.05) is 48.5 Å². The highest BCUT2D eigenvalue weighted by atomic mass is 16.6. The summed E-state index contributed by atoms with van der Waals surface area (Å²) in [5, 5.41) is 2.32. The van der Waals surface area contributed by atoms with Gasteiger partial charge >= 0.3 is 12.1 Å². The highest BCUT2D eigenvalue weighted by molar-refractivity contribution is 5.84. The number of rotatable bonds is 5. The van der Waals surface area contributed by atoms with Crippen LogP contribution in [0, 0.1) is 0 Å². The van der Waals surface area contributed by atoms with E-state index in [4.69, 9.17) is 9.47 Å². The minimum atomic E-state index is -0.380. The first-order chi connectivity index (χ1) is 15.6. The normalized spacial score (nSPS) is 15.6. The lowest BCUT2D eigenvalue weighted by molar-refractivity contribution is -0.134. The molecule has 0 spiro atoms. The predicted octanol–water partition coefficient (Wildman–Crippen LogP) is 5.24. The number of hydrogen-bond donors (Lipinski definition) is 0. The summed E-state index contributed by atoms with van der Waals surface area (Å²) in [6, 6.07) is 24.3. The van der Waals surface area contributed by atoms with E-state index in [0.717, 1.165) is 16.5 Å². The van der Waals surface area contributed by atoms with Gasteiger partial charge in [-0.2, -0.15) is 0 Å². The van der Waals surface area contributed by atoms with Crippen molar-refractivity contribution in [2.75, 3.05) is 20.2 Å². The molecule has 164 valence electrons. The molecule has 0 bridgehead atoms. The van der Waals surface area contributed by atoms with Crippen LogP contribution in [0.5, 0.6) is 0 Å². The predicted molar refractivity (Wildman–Crippen MR) is 124 cm³/mol. The minimum Gasteiger partial charge on any atom is -0.466 e. The number of allylic oxidation sites excluding steroid dienone is 1. The van der Waals surface area contributed by atoms with Crippen LogP contribution in [0.25, 0.3) is 10.8 Å². The van der Waals surface area contributed by atoms with Crippen molar-refractivity contribution in [1.82, 2.24) is 4.90 Å². The molecule has 1 amide bonds. The van der Waals surface area contributed by atoms with Crippen molar-refractivity contribution in [2.45, 2.75) is 24.9 Å². The van der Waals surface area contributed by atoms with E-state index in [2.05, 4.69) is 30.3 Å². The number of esters is 1. The molecule has 0 N–H and O–H groups in total. The molecule has 1 aliphatic rings. The number of likely N-dealkylation sites (tertiary alicyclic amines) is 1. The van der Waals surface area contributed by atoms with E-state index >= 15 is 0 Å². The third-order valence-electron chi connectivity index (χ3n) is 6.18. The van der Waals surface area contributed by atoms with Gasteiger partial charge < -0.3 is 14.4 Å². The summed E-state index contributed by atoms with van der Waals surface area (Å²) < 4.78 is 10.3. The first-order valence-corrected chi connectivity index (χ1v) is 10.8. The van der Waals surface area contributed by atoms with Gasteiger partial charge in [0.25, 0.3) is 0 Å². The van der Waals surface area contributed by atoms with Crippen LogP contribution in [0.4, 0.5) is 4.79 Å². The van der Waals surface area contributed by atoms with Crippen LogP contribution < -0.4 is 0 Å². The first kappa shape index (κ1) is 21.6. The third kappa shape index (κ3) is 4.83. The Hall–Kier alpha value is -3.60. The Morgan fingerprint density at radius 2 is 1.62 bits per heavy atom. The van der Waals surface area contributed by atoms with Crippen LogP contribution in [-0.2, 0) is 26.3 Å². The molecule has 5 heteroatoms. The van der Waals surface area contributed by atoms with Crippen LogP contribution in [0.2, 0.25) is 0 Å². The molecule has 32 heavy (non-hydrogen) atoms. The molecule has 5 nitrogen and oxygen atoms in total. The Bertz CT molecular complexity index is 1110. The van der Waals surface area contributed by atoms with E-state index < -0.39 is 0 Å². The van der Waals surface area contributed by atoms with E-state index in [1.54, 1.807) is 4.90 Å². The van der Waals surface area contributed by atoms with Gasteiger partial charge in [-0.1, -0.05) is 78.9 Å². The highest BCUT2D eigenvalue weighted by Gasteiger charge is 2.36. The van der Waals surface area contributed by atoms with Gasteiger partial charge in [0.15, 0.2) is 0 Å². The number of nitrogens with zero attached hydrogens (tertiary/aromatic N) is 1. The average molecular weight is 430 g/mol. The number of ether oxygens (including phenoxy) is 2. The summed E-state index contributed by atoms with van der Waals surface area (Å²) >= 11 is 0. The molecule has 1 saturated heterocycles. The fourth-order valence-electron chi connectivity index (χ4n) is 4.25. The van der Waals surface area contributed by atoms with Gasteiger partial charge in [0.1, 0.15) is 6.61 Å². The lowest BCUT2D eigenvalue weighted by Crippen LogP contribution is -2.44. The Kier molecular flexibility index (Phi) is 6.55. The second-order valence-electron chi connectivity index (χ2n) is 8.10. The Labute approximate surface area is 188 Å². The molecule has 1 aliphatic heterocycles. The van der Waals surface area contributed by atoms with E-state index in [1.165, 1.54) is 18.6 Å². The van der Waals surface area contributed by atoms with Crippen molar-refractivity contribution in [3.63, 3.8) is 0 Å². The van der Waals surface area contributed by atoms with Crippen molar-refractivity contribution in [1.29, 1.82) is 0 Å². The number of benzene rings is 3. The summed E-state index contributed by atoms with van der Waals surface area (Å²) in [6.07, 6.45) is 4.52. The zero-order valence-electron chi connectivity index (χ0n) is 18.2.